The fourth-order valence-corrected chi connectivity index (χ4v) is 3.83. The van der Waals surface area contributed by atoms with E-state index in [2.05, 4.69) is 39.0 Å². The van der Waals surface area contributed by atoms with Gasteiger partial charge in [-0.3, -0.25) is 4.79 Å². The van der Waals surface area contributed by atoms with Crippen molar-refractivity contribution in [3.63, 3.8) is 0 Å². The normalized spacial score (nSPS) is 13.1. The molecule has 0 aliphatic carbocycles. The number of thioether (sulfide) groups is 1. The molecule has 1 aromatic heterocycles. The van der Waals surface area contributed by atoms with Gasteiger partial charge in [-0.2, -0.15) is 4.68 Å². The van der Waals surface area contributed by atoms with Gasteiger partial charge in [0.2, 0.25) is 11.1 Å². The number of amides is 1. The second kappa shape index (κ2) is 9.69. The third-order valence-electron chi connectivity index (χ3n) is 4.78. The third-order valence-corrected chi connectivity index (χ3v) is 5.82. The number of carbonyl (C=O) groups excluding carboxylic acids is 1. The number of aryl methyl sites for hydroxylation is 3. The lowest BCUT2D eigenvalue weighted by atomic mass is 10.1. The molecule has 2 atom stereocenters. The number of hydrogen-bond acceptors (Lipinski definition) is 5. The molecule has 7 heteroatoms. The minimum atomic E-state index is -0.302. The van der Waals surface area contributed by atoms with Crippen LogP contribution in [0.4, 0.5) is 0 Å². The Hall–Kier alpha value is -2.67. The van der Waals surface area contributed by atoms with Gasteiger partial charge in [0.05, 0.1) is 10.9 Å². The van der Waals surface area contributed by atoms with Crippen LogP contribution in [0.1, 0.15) is 37.0 Å². The van der Waals surface area contributed by atoms with Gasteiger partial charge in [-0.25, -0.2) is 0 Å². The topological polar surface area (TPSA) is 72.7 Å². The molecular weight excluding hydrogens is 382 g/mol. The predicted octanol–water partition coefficient (Wildman–Crippen LogP) is 3.90. The first-order valence-electron chi connectivity index (χ1n) is 9.81. The standard InChI is InChI=1S/C22H27N5OS/c1-15-10-11-16(2)20(14-15)27-22(24-25-26-27)29-18(4)21(28)23-17(3)12-13-19-8-6-5-7-9-19/h5-11,14,17-18H,12-13H2,1-4H3,(H,23,28). The van der Waals surface area contributed by atoms with Gasteiger partial charge in [0.1, 0.15) is 0 Å². The zero-order valence-electron chi connectivity index (χ0n) is 17.3. The highest BCUT2D eigenvalue weighted by Gasteiger charge is 2.21. The summed E-state index contributed by atoms with van der Waals surface area (Å²) in [5.74, 6) is -0.00826. The van der Waals surface area contributed by atoms with E-state index in [1.54, 1.807) is 4.68 Å². The number of tetrazole rings is 1. The highest BCUT2D eigenvalue weighted by Crippen LogP contribution is 2.25. The van der Waals surface area contributed by atoms with Crippen molar-refractivity contribution in [3.05, 3.63) is 65.2 Å². The highest BCUT2D eigenvalue weighted by molar-refractivity contribution is 8.00. The van der Waals surface area contributed by atoms with Gasteiger partial charge in [-0.15, -0.1) is 5.10 Å². The Morgan fingerprint density at radius 3 is 2.66 bits per heavy atom. The third kappa shape index (κ3) is 5.67. The minimum absolute atomic E-state index is 0.00826. The Bertz CT molecular complexity index is 957. The van der Waals surface area contributed by atoms with Crippen LogP contribution in [0.15, 0.2) is 53.7 Å². The van der Waals surface area contributed by atoms with E-state index in [-0.39, 0.29) is 17.2 Å². The van der Waals surface area contributed by atoms with Crippen LogP contribution in [0.25, 0.3) is 5.69 Å². The van der Waals surface area contributed by atoms with Crippen LogP contribution in [0.3, 0.4) is 0 Å². The number of rotatable bonds is 8. The average Bonchev–Trinajstić information content (AvgIpc) is 3.16. The smallest absolute Gasteiger partial charge is 0.233 e. The molecule has 0 fully saturated rings. The van der Waals surface area contributed by atoms with Crippen molar-refractivity contribution in [2.24, 2.45) is 0 Å². The molecule has 0 radical (unpaired) electrons. The van der Waals surface area contributed by atoms with Gasteiger partial charge >= 0.3 is 0 Å². The summed E-state index contributed by atoms with van der Waals surface area (Å²) in [5, 5.41) is 15.5. The van der Waals surface area contributed by atoms with E-state index in [0.717, 1.165) is 29.7 Å². The van der Waals surface area contributed by atoms with Gasteiger partial charge < -0.3 is 5.32 Å². The summed E-state index contributed by atoms with van der Waals surface area (Å²) < 4.78 is 1.70. The Labute approximate surface area is 176 Å². The van der Waals surface area contributed by atoms with Crippen LogP contribution in [0, 0.1) is 13.8 Å². The first-order valence-corrected chi connectivity index (χ1v) is 10.7. The summed E-state index contributed by atoms with van der Waals surface area (Å²) in [5.41, 5.74) is 4.43. The summed E-state index contributed by atoms with van der Waals surface area (Å²) in [6.07, 6.45) is 1.84. The molecule has 152 valence electrons. The molecule has 1 amide bonds. The molecule has 0 saturated heterocycles. The van der Waals surface area contributed by atoms with Crippen LogP contribution < -0.4 is 5.32 Å². The van der Waals surface area contributed by atoms with E-state index in [1.165, 1.54) is 17.3 Å². The maximum Gasteiger partial charge on any atom is 0.233 e. The van der Waals surface area contributed by atoms with Gasteiger partial charge in [-0.1, -0.05) is 54.2 Å². The number of aromatic nitrogens is 4. The molecule has 2 unspecified atom stereocenters. The van der Waals surface area contributed by atoms with Crippen molar-refractivity contribution >= 4 is 17.7 Å². The van der Waals surface area contributed by atoms with Gasteiger partial charge in [0.15, 0.2) is 0 Å². The van der Waals surface area contributed by atoms with E-state index in [9.17, 15) is 4.79 Å². The first kappa shape index (κ1) is 21.0. The van der Waals surface area contributed by atoms with E-state index < -0.39 is 0 Å². The van der Waals surface area contributed by atoms with Crippen molar-refractivity contribution in [2.75, 3.05) is 0 Å². The fourth-order valence-electron chi connectivity index (χ4n) is 3.02. The van der Waals surface area contributed by atoms with Crippen molar-refractivity contribution in [3.8, 4) is 5.69 Å². The largest absolute Gasteiger partial charge is 0.353 e. The molecule has 3 aromatic rings. The molecule has 1 N–H and O–H groups in total. The number of nitrogens with zero attached hydrogens (tertiary/aromatic N) is 4. The van der Waals surface area contributed by atoms with Crippen LogP contribution in [-0.2, 0) is 11.2 Å². The number of carbonyl (C=O) groups is 1. The Morgan fingerprint density at radius 1 is 1.14 bits per heavy atom. The Kier molecular flexibility index (Phi) is 7.04. The maximum absolute atomic E-state index is 12.7. The molecule has 2 aromatic carbocycles. The first-order chi connectivity index (χ1) is 13.9. The van der Waals surface area contributed by atoms with Crippen LogP contribution >= 0.6 is 11.8 Å². The second-order valence-electron chi connectivity index (χ2n) is 7.36. The number of nitrogens with one attached hydrogen (secondary N) is 1. The zero-order chi connectivity index (χ0) is 20.8. The summed E-state index contributed by atoms with van der Waals surface area (Å²) in [6.45, 7) is 7.98. The van der Waals surface area contributed by atoms with E-state index in [4.69, 9.17) is 0 Å². The summed E-state index contributed by atoms with van der Waals surface area (Å²) in [7, 11) is 0. The number of hydrogen-bond donors (Lipinski definition) is 1. The molecule has 1 heterocycles. The van der Waals surface area contributed by atoms with Crippen LogP contribution in [0.2, 0.25) is 0 Å². The molecule has 0 saturated carbocycles. The molecular formula is C22H27N5OS. The fraction of sp³-hybridized carbons (Fsp3) is 0.364. The van der Waals surface area contributed by atoms with Crippen molar-refractivity contribution in [1.82, 2.24) is 25.5 Å². The average molecular weight is 410 g/mol. The van der Waals surface area contributed by atoms with Crippen LogP contribution in [-0.4, -0.2) is 37.4 Å². The molecule has 3 rings (SSSR count). The minimum Gasteiger partial charge on any atom is -0.353 e. The zero-order valence-corrected chi connectivity index (χ0v) is 18.1. The maximum atomic E-state index is 12.7. The lowest BCUT2D eigenvalue weighted by molar-refractivity contribution is -0.120. The SMILES string of the molecule is Cc1ccc(C)c(-n2nnnc2SC(C)C(=O)NC(C)CCc2ccccc2)c1. The van der Waals surface area contributed by atoms with E-state index in [1.807, 2.05) is 58.0 Å². The van der Waals surface area contributed by atoms with E-state index in [0.29, 0.717) is 5.16 Å². The lowest BCUT2D eigenvalue weighted by Crippen LogP contribution is -2.38. The van der Waals surface area contributed by atoms with Gasteiger partial charge in [-0.05, 0) is 73.7 Å². The quantitative estimate of drug-likeness (QED) is 0.571. The predicted molar refractivity (Wildman–Crippen MR) is 116 cm³/mol. The molecule has 0 bridgehead atoms. The summed E-state index contributed by atoms with van der Waals surface area (Å²) in [4.78, 5) is 12.7. The van der Waals surface area contributed by atoms with E-state index >= 15 is 0 Å². The molecule has 0 aliphatic rings. The molecule has 6 nitrogen and oxygen atoms in total. The monoisotopic (exact) mass is 409 g/mol. The molecule has 29 heavy (non-hydrogen) atoms. The van der Waals surface area contributed by atoms with Gasteiger partial charge in [0.25, 0.3) is 0 Å². The van der Waals surface area contributed by atoms with Crippen molar-refractivity contribution in [2.45, 2.75) is 57.0 Å². The van der Waals surface area contributed by atoms with Crippen molar-refractivity contribution in [1.29, 1.82) is 0 Å². The van der Waals surface area contributed by atoms with Gasteiger partial charge in [0, 0.05) is 6.04 Å². The number of benzene rings is 2. The summed E-state index contributed by atoms with van der Waals surface area (Å²) >= 11 is 1.37. The van der Waals surface area contributed by atoms with Crippen LogP contribution in [0.5, 0.6) is 0 Å². The lowest BCUT2D eigenvalue weighted by Gasteiger charge is -2.17. The summed E-state index contributed by atoms with van der Waals surface area (Å²) in [6, 6.07) is 16.6. The Morgan fingerprint density at radius 2 is 1.90 bits per heavy atom. The highest BCUT2D eigenvalue weighted by atomic mass is 32.2. The van der Waals surface area contributed by atoms with Crippen molar-refractivity contribution < 1.29 is 4.79 Å². The molecule has 0 spiro atoms. The Balaban J connectivity index is 1.59. The molecule has 0 aliphatic heterocycles. The second-order valence-corrected chi connectivity index (χ2v) is 8.67.